The fourth-order valence-electron chi connectivity index (χ4n) is 2.19. The summed E-state index contributed by atoms with van der Waals surface area (Å²) in [6.45, 7) is 7.39. The molecule has 1 saturated heterocycles. The number of esters is 1. The number of ether oxygens (including phenoxy) is 2. The molecule has 2 atom stereocenters. The highest BCUT2D eigenvalue weighted by Gasteiger charge is 2.30. The Labute approximate surface area is 103 Å². The number of likely N-dealkylation sites (N-methyl/N-ethyl adjacent to an activating group) is 1. The third kappa shape index (κ3) is 4.26. The predicted octanol–water partition coefficient (Wildman–Crippen LogP) is 0.248. The first-order valence-electron chi connectivity index (χ1n) is 6.39. The molecular formula is C12H24N2O3. The topological polar surface area (TPSA) is 50.8 Å². The molecule has 1 aliphatic heterocycles. The lowest BCUT2D eigenvalue weighted by Crippen LogP contribution is -2.52. The molecule has 100 valence electrons. The fourth-order valence-corrected chi connectivity index (χ4v) is 2.19. The summed E-state index contributed by atoms with van der Waals surface area (Å²) in [4.78, 5) is 14.0. The molecule has 1 fully saturated rings. The van der Waals surface area contributed by atoms with Gasteiger partial charge in [0.2, 0.25) is 0 Å². The van der Waals surface area contributed by atoms with Crippen molar-refractivity contribution in [1.82, 2.24) is 10.2 Å². The summed E-state index contributed by atoms with van der Waals surface area (Å²) >= 11 is 0. The molecular weight excluding hydrogens is 220 g/mol. The third-order valence-electron chi connectivity index (χ3n) is 2.99. The van der Waals surface area contributed by atoms with E-state index in [9.17, 15) is 4.79 Å². The van der Waals surface area contributed by atoms with E-state index in [1.54, 1.807) is 0 Å². The molecule has 0 radical (unpaired) electrons. The van der Waals surface area contributed by atoms with E-state index in [1.165, 1.54) is 0 Å². The number of nitrogens with one attached hydrogen (secondary N) is 1. The minimum Gasteiger partial charge on any atom is -0.465 e. The van der Waals surface area contributed by atoms with E-state index < -0.39 is 0 Å². The standard InChI is InChI=1S/C12H24N2O3/c1-4-11(12(15)16-5-2)14-6-7-17-10(9-14)8-13-3/h10-11,13H,4-9H2,1-3H3. The molecule has 0 aromatic carbocycles. The van der Waals surface area contributed by atoms with Crippen LogP contribution >= 0.6 is 0 Å². The van der Waals surface area contributed by atoms with Gasteiger partial charge in [0.15, 0.2) is 0 Å². The summed E-state index contributed by atoms with van der Waals surface area (Å²) in [6.07, 6.45) is 0.947. The van der Waals surface area contributed by atoms with Gasteiger partial charge >= 0.3 is 5.97 Å². The van der Waals surface area contributed by atoms with Gasteiger partial charge in [-0.05, 0) is 20.4 Å². The Morgan fingerprint density at radius 2 is 2.35 bits per heavy atom. The second-order valence-electron chi connectivity index (χ2n) is 4.22. The monoisotopic (exact) mass is 244 g/mol. The molecule has 5 heteroatoms. The Morgan fingerprint density at radius 1 is 1.59 bits per heavy atom. The largest absolute Gasteiger partial charge is 0.465 e. The molecule has 5 nitrogen and oxygen atoms in total. The van der Waals surface area contributed by atoms with Gasteiger partial charge in [-0.25, -0.2) is 0 Å². The number of hydrogen-bond donors (Lipinski definition) is 1. The van der Waals surface area contributed by atoms with Crippen LogP contribution in [0, 0.1) is 0 Å². The zero-order chi connectivity index (χ0) is 12.7. The lowest BCUT2D eigenvalue weighted by Gasteiger charge is -2.36. The molecule has 0 aromatic rings. The van der Waals surface area contributed by atoms with Crippen molar-refractivity contribution < 1.29 is 14.3 Å². The molecule has 0 amide bonds. The van der Waals surface area contributed by atoms with Gasteiger partial charge in [0.1, 0.15) is 6.04 Å². The molecule has 1 rings (SSSR count). The van der Waals surface area contributed by atoms with E-state index in [1.807, 2.05) is 20.9 Å². The Morgan fingerprint density at radius 3 is 2.94 bits per heavy atom. The summed E-state index contributed by atoms with van der Waals surface area (Å²) in [6, 6.07) is -0.127. The number of rotatable bonds is 6. The molecule has 0 spiro atoms. The second kappa shape index (κ2) is 7.63. The summed E-state index contributed by atoms with van der Waals surface area (Å²) < 4.78 is 10.7. The lowest BCUT2D eigenvalue weighted by molar-refractivity contribution is -0.152. The zero-order valence-electron chi connectivity index (χ0n) is 11.1. The predicted molar refractivity (Wildman–Crippen MR) is 66.0 cm³/mol. The van der Waals surface area contributed by atoms with Gasteiger partial charge in [-0.2, -0.15) is 0 Å². The number of carbonyl (C=O) groups is 1. The van der Waals surface area contributed by atoms with Crippen molar-refractivity contribution in [3.63, 3.8) is 0 Å². The first kappa shape index (κ1) is 14.4. The summed E-state index contributed by atoms with van der Waals surface area (Å²) in [5.74, 6) is -0.111. The van der Waals surface area contributed by atoms with E-state index in [2.05, 4.69) is 10.2 Å². The fraction of sp³-hybridized carbons (Fsp3) is 0.917. The van der Waals surface area contributed by atoms with Crippen LogP contribution in [0.15, 0.2) is 0 Å². The van der Waals surface area contributed by atoms with Crippen molar-refractivity contribution in [2.45, 2.75) is 32.4 Å². The average Bonchev–Trinajstić information content (AvgIpc) is 2.31. The van der Waals surface area contributed by atoms with Crippen molar-refractivity contribution in [3.8, 4) is 0 Å². The van der Waals surface area contributed by atoms with E-state index in [0.717, 1.165) is 26.1 Å². The molecule has 17 heavy (non-hydrogen) atoms. The van der Waals surface area contributed by atoms with Gasteiger partial charge in [0.25, 0.3) is 0 Å². The van der Waals surface area contributed by atoms with Gasteiger partial charge in [-0.15, -0.1) is 0 Å². The van der Waals surface area contributed by atoms with Gasteiger partial charge < -0.3 is 14.8 Å². The number of morpholine rings is 1. The highest BCUT2D eigenvalue weighted by molar-refractivity contribution is 5.75. The molecule has 1 N–H and O–H groups in total. The van der Waals surface area contributed by atoms with Crippen LogP contribution in [0.25, 0.3) is 0 Å². The highest BCUT2D eigenvalue weighted by Crippen LogP contribution is 2.12. The summed E-state index contributed by atoms with van der Waals surface area (Å²) in [7, 11) is 1.91. The highest BCUT2D eigenvalue weighted by atomic mass is 16.5. The Hall–Kier alpha value is -0.650. The van der Waals surface area contributed by atoms with Crippen LogP contribution in [0.3, 0.4) is 0 Å². The van der Waals surface area contributed by atoms with Crippen molar-refractivity contribution >= 4 is 5.97 Å². The van der Waals surface area contributed by atoms with E-state index in [4.69, 9.17) is 9.47 Å². The normalized spacial score (nSPS) is 23.4. The molecule has 2 unspecified atom stereocenters. The van der Waals surface area contributed by atoms with Crippen LogP contribution in [0.5, 0.6) is 0 Å². The zero-order valence-corrected chi connectivity index (χ0v) is 11.1. The van der Waals surface area contributed by atoms with Crippen molar-refractivity contribution in [3.05, 3.63) is 0 Å². The lowest BCUT2D eigenvalue weighted by atomic mass is 10.1. The smallest absolute Gasteiger partial charge is 0.323 e. The SMILES string of the molecule is CCOC(=O)C(CC)N1CCOC(CNC)C1. The molecule has 1 aliphatic rings. The van der Waals surface area contributed by atoms with Crippen LogP contribution in [0.1, 0.15) is 20.3 Å². The van der Waals surface area contributed by atoms with E-state index in [0.29, 0.717) is 13.2 Å². The van der Waals surface area contributed by atoms with Crippen LogP contribution < -0.4 is 5.32 Å². The maximum Gasteiger partial charge on any atom is 0.323 e. The molecule has 1 heterocycles. The molecule has 0 aromatic heterocycles. The van der Waals surface area contributed by atoms with Crippen LogP contribution in [-0.2, 0) is 14.3 Å². The van der Waals surface area contributed by atoms with Crippen molar-refractivity contribution in [2.75, 3.05) is 39.9 Å². The van der Waals surface area contributed by atoms with Gasteiger partial charge in [0.05, 0.1) is 19.3 Å². The molecule has 0 saturated carbocycles. The van der Waals surface area contributed by atoms with Gasteiger partial charge in [-0.1, -0.05) is 6.92 Å². The summed E-state index contributed by atoms with van der Waals surface area (Å²) in [5.41, 5.74) is 0. The van der Waals surface area contributed by atoms with Crippen molar-refractivity contribution in [1.29, 1.82) is 0 Å². The van der Waals surface area contributed by atoms with Crippen molar-refractivity contribution in [2.24, 2.45) is 0 Å². The average molecular weight is 244 g/mol. The van der Waals surface area contributed by atoms with Crippen LogP contribution in [0.4, 0.5) is 0 Å². The van der Waals surface area contributed by atoms with Gasteiger partial charge in [0, 0.05) is 19.6 Å². The van der Waals surface area contributed by atoms with Crippen LogP contribution in [-0.4, -0.2) is 62.9 Å². The number of carbonyl (C=O) groups excluding carboxylic acids is 1. The Balaban J connectivity index is 2.52. The molecule has 0 bridgehead atoms. The van der Waals surface area contributed by atoms with Crippen LogP contribution in [0.2, 0.25) is 0 Å². The van der Waals surface area contributed by atoms with E-state index in [-0.39, 0.29) is 18.1 Å². The minimum atomic E-state index is -0.127. The second-order valence-corrected chi connectivity index (χ2v) is 4.22. The Bertz CT molecular complexity index is 234. The maximum absolute atomic E-state index is 11.8. The number of nitrogens with zero attached hydrogens (tertiary/aromatic N) is 1. The minimum absolute atomic E-state index is 0.111. The third-order valence-corrected chi connectivity index (χ3v) is 2.99. The first-order valence-corrected chi connectivity index (χ1v) is 6.39. The Kier molecular flexibility index (Phi) is 6.47. The van der Waals surface area contributed by atoms with E-state index >= 15 is 0 Å². The number of hydrogen-bond acceptors (Lipinski definition) is 5. The van der Waals surface area contributed by atoms with Gasteiger partial charge in [-0.3, -0.25) is 9.69 Å². The first-order chi connectivity index (χ1) is 8.22. The molecule has 0 aliphatic carbocycles. The quantitative estimate of drug-likeness (QED) is 0.679. The summed E-state index contributed by atoms with van der Waals surface area (Å²) in [5, 5.41) is 3.10. The maximum atomic E-state index is 11.8.